The molecule has 2 rings (SSSR count). The molecule has 0 saturated heterocycles. The summed E-state index contributed by atoms with van der Waals surface area (Å²) in [5.41, 5.74) is 1.40. The summed E-state index contributed by atoms with van der Waals surface area (Å²) in [5.74, 6) is 0.561. The highest BCUT2D eigenvalue weighted by atomic mass is 19.4. The first kappa shape index (κ1) is 15.6. The second-order valence-electron chi connectivity index (χ2n) is 5.66. The van der Waals surface area contributed by atoms with Gasteiger partial charge in [0.25, 0.3) is 0 Å². The molecule has 1 aromatic heterocycles. The van der Waals surface area contributed by atoms with Crippen molar-refractivity contribution in [1.82, 2.24) is 9.78 Å². The first-order valence-corrected chi connectivity index (χ1v) is 6.99. The molecule has 0 fully saturated rings. The predicted octanol–water partition coefficient (Wildman–Crippen LogP) is 4.92. The molecule has 0 aliphatic rings. The lowest BCUT2D eigenvalue weighted by molar-refractivity contribution is -0.137. The molecule has 0 aliphatic carbocycles. The number of benzene rings is 1. The SMILES string of the molecule is Cc1cc(-c2cccc(C(F)(F)F)c2)nn1CCC(C)C. The molecule has 0 bridgehead atoms. The van der Waals surface area contributed by atoms with Gasteiger partial charge >= 0.3 is 6.18 Å². The van der Waals surface area contributed by atoms with Crippen LogP contribution in [0.25, 0.3) is 11.3 Å². The molecule has 114 valence electrons. The van der Waals surface area contributed by atoms with Crippen LogP contribution in [-0.2, 0) is 12.7 Å². The Bertz CT molecular complexity index is 612. The van der Waals surface area contributed by atoms with Crippen LogP contribution in [0.1, 0.15) is 31.5 Å². The van der Waals surface area contributed by atoms with Crippen molar-refractivity contribution in [3.8, 4) is 11.3 Å². The second-order valence-corrected chi connectivity index (χ2v) is 5.66. The Balaban J connectivity index is 2.28. The third-order valence-corrected chi connectivity index (χ3v) is 3.39. The van der Waals surface area contributed by atoms with E-state index >= 15 is 0 Å². The van der Waals surface area contributed by atoms with E-state index < -0.39 is 11.7 Å². The molecule has 0 atom stereocenters. The number of aryl methyl sites for hydroxylation is 2. The average Bonchev–Trinajstić information content (AvgIpc) is 2.77. The van der Waals surface area contributed by atoms with Crippen molar-refractivity contribution in [2.24, 2.45) is 5.92 Å². The van der Waals surface area contributed by atoms with E-state index in [0.717, 1.165) is 30.8 Å². The Hall–Kier alpha value is -1.78. The number of hydrogen-bond acceptors (Lipinski definition) is 1. The van der Waals surface area contributed by atoms with Crippen molar-refractivity contribution in [2.75, 3.05) is 0 Å². The highest BCUT2D eigenvalue weighted by molar-refractivity contribution is 5.60. The maximum Gasteiger partial charge on any atom is 0.416 e. The van der Waals surface area contributed by atoms with Gasteiger partial charge in [-0.1, -0.05) is 26.0 Å². The van der Waals surface area contributed by atoms with Crippen molar-refractivity contribution in [3.05, 3.63) is 41.6 Å². The van der Waals surface area contributed by atoms with Gasteiger partial charge in [0.1, 0.15) is 0 Å². The van der Waals surface area contributed by atoms with Gasteiger partial charge in [0, 0.05) is 17.8 Å². The molecule has 0 spiro atoms. The lowest BCUT2D eigenvalue weighted by Gasteiger charge is -2.08. The zero-order valence-electron chi connectivity index (χ0n) is 12.4. The molecular weight excluding hydrogens is 277 g/mol. The summed E-state index contributed by atoms with van der Waals surface area (Å²) in [5, 5.41) is 4.42. The summed E-state index contributed by atoms with van der Waals surface area (Å²) in [6.07, 6.45) is -3.34. The maximum absolute atomic E-state index is 12.8. The number of hydrogen-bond donors (Lipinski definition) is 0. The Labute approximate surface area is 122 Å². The standard InChI is InChI=1S/C16H19F3N2/c1-11(2)7-8-21-12(3)9-15(20-21)13-5-4-6-14(10-13)16(17,18)19/h4-6,9-11H,7-8H2,1-3H3. The van der Waals surface area contributed by atoms with Gasteiger partial charge < -0.3 is 0 Å². The number of aromatic nitrogens is 2. The van der Waals surface area contributed by atoms with E-state index in [-0.39, 0.29) is 0 Å². The van der Waals surface area contributed by atoms with Gasteiger partial charge in [-0.15, -0.1) is 0 Å². The summed E-state index contributed by atoms with van der Waals surface area (Å²) in [6, 6.07) is 7.13. The molecule has 0 amide bonds. The minimum atomic E-state index is -4.33. The number of rotatable bonds is 4. The molecule has 21 heavy (non-hydrogen) atoms. The largest absolute Gasteiger partial charge is 0.416 e. The van der Waals surface area contributed by atoms with Crippen LogP contribution in [0.3, 0.4) is 0 Å². The highest BCUT2D eigenvalue weighted by Crippen LogP contribution is 2.32. The lowest BCUT2D eigenvalue weighted by atomic mass is 10.1. The van der Waals surface area contributed by atoms with E-state index in [1.807, 2.05) is 17.7 Å². The smallest absolute Gasteiger partial charge is 0.269 e. The van der Waals surface area contributed by atoms with Gasteiger partial charge in [-0.05, 0) is 37.5 Å². The Morgan fingerprint density at radius 1 is 1.19 bits per heavy atom. The van der Waals surface area contributed by atoms with E-state index in [2.05, 4.69) is 18.9 Å². The minimum Gasteiger partial charge on any atom is -0.269 e. The summed E-state index contributed by atoms with van der Waals surface area (Å²) >= 11 is 0. The molecule has 0 aliphatic heterocycles. The van der Waals surface area contributed by atoms with E-state index in [0.29, 0.717) is 17.2 Å². The zero-order chi connectivity index (χ0) is 15.6. The van der Waals surface area contributed by atoms with E-state index in [9.17, 15) is 13.2 Å². The Morgan fingerprint density at radius 2 is 1.90 bits per heavy atom. The normalized spacial score (nSPS) is 12.1. The average molecular weight is 296 g/mol. The van der Waals surface area contributed by atoms with Gasteiger partial charge in [0.2, 0.25) is 0 Å². The van der Waals surface area contributed by atoms with Crippen molar-refractivity contribution in [2.45, 2.75) is 39.9 Å². The van der Waals surface area contributed by atoms with E-state index in [1.54, 1.807) is 6.07 Å². The molecule has 1 aromatic carbocycles. The summed E-state index contributed by atoms with van der Waals surface area (Å²) in [6.45, 7) is 6.96. The Kier molecular flexibility index (Phi) is 4.40. The molecule has 2 nitrogen and oxygen atoms in total. The van der Waals surface area contributed by atoms with Gasteiger partial charge in [0.15, 0.2) is 0 Å². The van der Waals surface area contributed by atoms with Crippen molar-refractivity contribution in [1.29, 1.82) is 0 Å². The highest BCUT2D eigenvalue weighted by Gasteiger charge is 2.30. The van der Waals surface area contributed by atoms with Crippen molar-refractivity contribution in [3.63, 3.8) is 0 Å². The summed E-state index contributed by atoms with van der Waals surface area (Å²) in [4.78, 5) is 0. The lowest BCUT2D eigenvalue weighted by Crippen LogP contribution is -2.05. The third-order valence-electron chi connectivity index (χ3n) is 3.39. The summed E-state index contributed by atoms with van der Waals surface area (Å²) in [7, 11) is 0. The monoisotopic (exact) mass is 296 g/mol. The van der Waals surface area contributed by atoms with Gasteiger partial charge in [-0.3, -0.25) is 4.68 Å². The van der Waals surface area contributed by atoms with Crippen LogP contribution in [0.2, 0.25) is 0 Å². The van der Waals surface area contributed by atoms with Crippen LogP contribution < -0.4 is 0 Å². The fraction of sp³-hybridized carbons (Fsp3) is 0.438. The number of nitrogens with zero attached hydrogens (tertiary/aromatic N) is 2. The molecule has 0 unspecified atom stereocenters. The number of halogens is 3. The first-order chi connectivity index (χ1) is 9.77. The predicted molar refractivity (Wildman–Crippen MR) is 76.9 cm³/mol. The molecule has 0 saturated carbocycles. The van der Waals surface area contributed by atoms with Crippen LogP contribution in [0, 0.1) is 12.8 Å². The first-order valence-electron chi connectivity index (χ1n) is 6.99. The minimum absolute atomic E-state index is 0.497. The molecule has 5 heteroatoms. The van der Waals surface area contributed by atoms with Crippen LogP contribution in [0.15, 0.2) is 30.3 Å². The molecule has 2 aromatic rings. The molecule has 0 N–H and O–H groups in total. The quantitative estimate of drug-likeness (QED) is 0.782. The molecule has 1 heterocycles. The van der Waals surface area contributed by atoms with Gasteiger partial charge in [-0.2, -0.15) is 18.3 Å². The fourth-order valence-electron chi connectivity index (χ4n) is 2.11. The van der Waals surface area contributed by atoms with Crippen LogP contribution in [-0.4, -0.2) is 9.78 Å². The van der Waals surface area contributed by atoms with E-state index in [4.69, 9.17) is 0 Å². The summed E-state index contributed by atoms with van der Waals surface area (Å²) < 4.78 is 40.1. The fourth-order valence-corrected chi connectivity index (χ4v) is 2.11. The second kappa shape index (κ2) is 5.92. The van der Waals surface area contributed by atoms with Crippen LogP contribution in [0.5, 0.6) is 0 Å². The van der Waals surface area contributed by atoms with Crippen molar-refractivity contribution < 1.29 is 13.2 Å². The molecule has 0 radical (unpaired) electrons. The van der Waals surface area contributed by atoms with E-state index in [1.165, 1.54) is 6.07 Å². The zero-order valence-corrected chi connectivity index (χ0v) is 12.4. The number of alkyl halides is 3. The van der Waals surface area contributed by atoms with Crippen LogP contribution >= 0.6 is 0 Å². The van der Waals surface area contributed by atoms with Crippen molar-refractivity contribution >= 4 is 0 Å². The topological polar surface area (TPSA) is 17.8 Å². The van der Waals surface area contributed by atoms with Gasteiger partial charge in [0.05, 0.1) is 11.3 Å². The maximum atomic E-state index is 12.8. The molecular formula is C16H19F3N2. The van der Waals surface area contributed by atoms with Gasteiger partial charge in [-0.25, -0.2) is 0 Å². The Morgan fingerprint density at radius 3 is 2.52 bits per heavy atom. The third kappa shape index (κ3) is 3.86. The van der Waals surface area contributed by atoms with Crippen LogP contribution in [0.4, 0.5) is 13.2 Å².